The van der Waals surface area contributed by atoms with Gasteiger partial charge in [-0.3, -0.25) is 14.4 Å². The number of carbonyl (C=O) groups is 3. The number of Topliss-reactive ketones (excluding diaryl/α,β-unsaturated/α-hetero) is 1. The Bertz CT molecular complexity index is 551. The smallest absolute Gasteiger partial charge is 0.319 e. The van der Waals surface area contributed by atoms with Gasteiger partial charge in [0.05, 0.1) is 0 Å². The standard InChI is InChI=1S/C17H20O5/c18-14-8-4-10-17(14,11-5-9-15(19)20)16(21)22-12-13-6-2-1-3-7-13/h1-3,6-7H,4-5,8-12H2,(H,19,20). The molecule has 5 heteroatoms. The number of aliphatic carboxylic acids is 1. The van der Waals surface area contributed by atoms with Gasteiger partial charge in [0.15, 0.2) is 0 Å². The molecule has 2 rings (SSSR count). The lowest BCUT2D eigenvalue weighted by Gasteiger charge is -2.25. The van der Waals surface area contributed by atoms with E-state index in [1.54, 1.807) is 0 Å². The highest BCUT2D eigenvalue weighted by atomic mass is 16.5. The predicted molar refractivity (Wildman–Crippen MR) is 79.0 cm³/mol. The van der Waals surface area contributed by atoms with Crippen molar-refractivity contribution in [1.82, 2.24) is 0 Å². The molecule has 5 nitrogen and oxygen atoms in total. The molecule has 1 aromatic rings. The number of rotatable bonds is 7. The van der Waals surface area contributed by atoms with Crippen molar-refractivity contribution in [3.63, 3.8) is 0 Å². The first-order valence-corrected chi connectivity index (χ1v) is 7.51. The van der Waals surface area contributed by atoms with Crippen molar-refractivity contribution in [3.8, 4) is 0 Å². The summed E-state index contributed by atoms with van der Waals surface area (Å²) in [7, 11) is 0. The number of ketones is 1. The number of ether oxygens (including phenoxy) is 1. The number of carboxylic acid groups (broad SMARTS) is 1. The molecule has 0 radical (unpaired) electrons. The molecule has 1 aliphatic rings. The number of carboxylic acids is 1. The lowest BCUT2D eigenvalue weighted by Crippen LogP contribution is -2.37. The highest BCUT2D eigenvalue weighted by Crippen LogP contribution is 2.40. The third kappa shape index (κ3) is 3.72. The van der Waals surface area contributed by atoms with Crippen LogP contribution in [0, 0.1) is 5.41 Å². The quantitative estimate of drug-likeness (QED) is 0.619. The summed E-state index contributed by atoms with van der Waals surface area (Å²) in [5.74, 6) is -1.54. The van der Waals surface area contributed by atoms with Gasteiger partial charge in [0.25, 0.3) is 0 Å². The molecule has 1 fully saturated rings. The van der Waals surface area contributed by atoms with E-state index in [1.807, 2.05) is 30.3 Å². The molecule has 0 aromatic heterocycles. The molecule has 1 saturated carbocycles. The third-order valence-electron chi connectivity index (χ3n) is 4.14. The molecule has 0 aliphatic heterocycles. The summed E-state index contributed by atoms with van der Waals surface area (Å²) in [5.41, 5.74) is -0.272. The maximum Gasteiger partial charge on any atom is 0.319 e. The van der Waals surface area contributed by atoms with Gasteiger partial charge in [-0.25, -0.2) is 0 Å². The molecule has 1 N–H and O–H groups in total. The van der Waals surface area contributed by atoms with Gasteiger partial charge in [-0.1, -0.05) is 30.3 Å². The van der Waals surface area contributed by atoms with Crippen LogP contribution in [0.5, 0.6) is 0 Å². The molecular formula is C17H20O5. The number of hydrogen-bond acceptors (Lipinski definition) is 4. The molecule has 1 unspecified atom stereocenters. The molecule has 0 amide bonds. The first-order valence-electron chi connectivity index (χ1n) is 7.51. The van der Waals surface area contributed by atoms with Crippen LogP contribution >= 0.6 is 0 Å². The molecule has 1 atom stereocenters. The molecule has 0 spiro atoms. The van der Waals surface area contributed by atoms with Crippen LogP contribution in [0.1, 0.15) is 44.1 Å². The van der Waals surface area contributed by atoms with Crippen LogP contribution in [0.25, 0.3) is 0 Å². The van der Waals surface area contributed by atoms with Crippen molar-refractivity contribution >= 4 is 17.7 Å². The maximum absolute atomic E-state index is 12.4. The summed E-state index contributed by atoms with van der Waals surface area (Å²) in [4.78, 5) is 35.3. The minimum absolute atomic E-state index is 0.0407. The second-order valence-electron chi connectivity index (χ2n) is 5.67. The van der Waals surface area contributed by atoms with E-state index in [-0.39, 0.29) is 25.2 Å². The molecule has 0 bridgehead atoms. The van der Waals surface area contributed by atoms with Crippen molar-refractivity contribution in [3.05, 3.63) is 35.9 Å². The van der Waals surface area contributed by atoms with Gasteiger partial charge in [-0.2, -0.15) is 0 Å². The van der Waals surface area contributed by atoms with Crippen molar-refractivity contribution in [2.45, 2.75) is 45.1 Å². The highest BCUT2D eigenvalue weighted by Gasteiger charge is 2.49. The Hall–Kier alpha value is -2.17. The van der Waals surface area contributed by atoms with Gasteiger partial charge in [-0.15, -0.1) is 0 Å². The van der Waals surface area contributed by atoms with E-state index >= 15 is 0 Å². The number of benzene rings is 1. The summed E-state index contributed by atoms with van der Waals surface area (Å²) in [6.07, 6.45) is 2.01. The van der Waals surface area contributed by atoms with E-state index in [9.17, 15) is 14.4 Å². The van der Waals surface area contributed by atoms with E-state index in [2.05, 4.69) is 0 Å². The Morgan fingerprint density at radius 2 is 1.95 bits per heavy atom. The molecule has 22 heavy (non-hydrogen) atoms. The van der Waals surface area contributed by atoms with Crippen LogP contribution in [-0.2, 0) is 25.7 Å². The highest BCUT2D eigenvalue weighted by molar-refractivity contribution is 6.05. The average molecular weight is 304 g/mol. The Kier molecular flexibility index (Phi) is 5.31. The first-order chi connectivity index (χ1) is 10.5. The van der Waals surface area contributed by atoms with Crippen molar-refractivity contribution in [2.75, 3.05) is 0 Å². The summed E-state index contributed by atoms with van der Waals surface area (Å²) in [6, 6.07) is 9.28. The van der Waals surface area contributed by atoms with E-state index in [4.69, 9.17) is 9.84 Å². The van der Waals surface area contributed by atoms with E-state index in [0.717, 1.165) is 5.56 Å². The summed E-state index contributed by atoms with van der Waals surface area (Å²) < 4.78 is 5.34. The van der Waals surface area contributed by atoms with Gasteiger partial charge in [-0.05, 0) is 31.2 Å². The van der Waals surface area contributed by atoms with Gasteiger partial charge < -0.3 is 9.84 Å². The molecular weight excluding hydrogens is 284 g/mol. The fourth-order valence-corrected chi connectivity index (χ4v) is 2.91. The lowest BCUT2D eigenvalue weighted by atomic mass is 9.80. The average Bonchev–Trinajstić information content (AvgIpc) is 2.88. The zero-order chi connectivity index (χ0) is 16.0. The van der Waals surface area contributed by atoms with Crippen molar-refractivity contribution in [2.24, 2.45) is 5.41 Å². The zero-order valence-corrected chi connectivity index (χ0v) is 12.4. The van der Waals surface area contributed by atoms with Crippen molar-refractivity contribution in [1.29, 1.82) is 0 Å². The Balaban J connectivity index is 2.00. The Morgan fingerprint density at radius 1 is 1.23 bits per heavy atom. The van der Waals surface area contributed by atoms with Gasteiger partial charge in [0.2, 0.25) is 0 Å². The van der Waals surface area contributed by atoms with Crippen LogP contribution in [-0.4, -0.2) is 22.8 Å². The van der Waals surface area contributed by atoms with Gasteiger partial charge in [0.1, 0.15) is 17.8 Å². The molecule has 1 aliphatic carbocycles. The topological polar surface area (TPSA) is 80.7 Å². The summed E-state index contributed by atoms with van der Waals surface area (Å²) in [6.45, 7) is 0.133. The number of hydrogen-bond donors (Lipinski definition) is 1. The van der Waals surface area contributed by atoms with E-state index in [0.29, 0.717) is 25.7 Å². The summed E-state index contributed by atoms with van der Waals surface area (Å²) >= 11 is 0. The van der Waals surface area contributed by atoms with Crippen LogP contribution < -0.4 is 0 Å². The van der Waals surface area contributed by atoms with Crippen LogP contribution in [0.3, 0.4) is 0 Å². The minimum Gasteiger partial charge on any atom is -0.481 e. The molecule has 0 heterocycles. The van der Waals surface area contributed by atoms with Crippen LogP contribution in [0.2, 0.25) is 0 Å². The molecule has 1 aromatic carbocycles. The largest absolute Gasteiger partial charge is 0.481 e. The number of esters is 1. The van der Waals surface area contributed by atoms with Crippen LogP contribution in [0.15, 0.2) is 30.3 Å². The lowest BCUT2D eigenvalue weighted by molar-refractivity contribution is -0.161. The van der Waals surface area contributed by atoms with Crippen LogP contribution in [0.4, 0.5) is 0 Å². The SMILES string of the molecule is O=C(O)CCCC1(C(=O)OCc2ccccc2)CCCC1=O. The second-order valence-corrected chi connectivity index (χ2v) is 5.67. The monoisotopic (exact) mass is 304 g/mol. The minimum atomic E-state index is -1.13. The Labute approximate surface area is 129 Å². The predicted octanol–water partition coefficient (Wildman–Crippen LogP) is 2.72. The fourth-order valence-electron chi connectivity index (χ4n) is 2.91. The number of carbonyl (C=O) groups excluding carboxylic acids is 2. The summed E-state index contributed by atoms with van der Waals surface area (Å²) in [5, 5.41) is 8.73. The third-order valence-corrected chi connectivity index (χ3v) is 4.14. The molecule has 0 saturated heterocycles. The van der Waals surface area contributed by atoms with Crippen molar-refractivity contribution < 1.29 is 24.2 Å². The fraction of sp³-hybridized carbons (Fsp3) is 0.471. The van der Waals surface area contributed by atoms with E-state index in [1.165, 1.54) is 0 Å². The Morgan fingerprint density at radius 3 is 2.55 bits per heavy atom. The van der Waals surface area contributed by atoms with E-state index < -0.39 is 17.4 Å². The van der Waals surface area contributed by atoms with Gasteiger partial charge in [0, 0.05) is 12.8 Å². The zero-order valence-electron chi connectivity index (χ0n) is 12.4. The first kappa shape index (κ1) is 16.2. The second kappa shape index (κ2) is 7.20. The maximum atomic E-state index is 12.4. The molecule has 118 valence electrons. The normalized spacial score (nSPS) is 20.8. The van der Waals surface area contributed by atoms with Gasteiger partial charge >= 0.3 is 11.9 Å².